The van der Waals surface area contributed by atoms with Crippen molar-refractivity contribution in [3.05, 3.63) is 18.0 Å². The summed E-state index contributed by atoms with van der Waals surface area (Å²) in [6.07, 6.45) is 5.54. The molecule has 4 heteroatoms. The molecule has 0 aliphatic heterocycles. The van der Waals surface area contributed by atoms with Crippen LogP contribution in [0.2, 0.25) is 0 Å². The van der Waals surface area contributed by atoms with Crippen LogP contribution in [-0.2, 0) is 6.42 Å². The zero-order valence-electron chi connectivity index (χ0n) is 9.29. The Morgan fingerprint density at radius 1 is 1.60 bits per heavy atom. The van der Waals surface area contributed by atoms with Crippen molar-refractivity contribution in [1.29, 1.82) is 0 Å². The summed E-state index contributed by atoms with van der Waals surface area (Å²) in [5.74, 6) is 0. The van der Waals surface area contributed by atoms with E-state index in [9.17, 15) is 0 Å². The van der Waals surface area contributed by atoms with Crippen LogP contribution in [0.4, 0.5) is 0 Å². The topological polar surface area (TPSA) is 52.7 Å². The van der Waals surface area contributed by atoms with E-state index >= 15 is 0 Å². The van der Waals surface area contributed by atoms with Crippen LogP contribution in [-0.4, -0.2) is 35.4 Å². The third-order valence-electron chi connectivity index (χ3n) is 2.74. The van der Waals surface area contributed by atoms with E-state index in [0.29, 0.717) is 6.04 Å². The fraction of sp³-hybridized carbons (Fsp3) is 0.727. The molecule has 0 radical (unpaired) electrons. The Labute approximate surface area is 90.8 Å². The maximum atomic E-state index is 3.92. The maximum absolute atomic E-state index is 3.92. The average molecular weight is 208 g/mol. The van der Waals surface area contributed by atoms with Gasteiger partial charge in [0, 0.05) is 43.5 Å². The lowest BCUT2D eigenvalue weighted by Crippen LogP contribution is -2.38. The summed E-state index contributed by atoms with van der Waals surface area (Å²) in [5, 5.41) is 13.9. The van der Waals surface area contributed by atoms with E-state index in [1.54, 1.807) is 6.20 Å². The summed E-state index contributed by atoms with van der Waals surface area (Å²) >= 11 is 0. The first-order valence-corrected chi connectivity index (χ1v) is 5.79. The van der Waals surface area contributed by atoms with Crippen molar-refractivity contribution in [2.45, 2.75) is 38.3 Å². The second kappa shape index (κ2) is 5.28. The average Bonchev–Trinajstić information content (AvgIpc) is 2.92. The molecule has 3 N–H and O–H groups in total. The molecular formula is C11H20N4. The van der Waals surface area contributed by atoms with Crippen LogP contribution in [0.5, 0.6) is 0 Å². The van der Waals surface area contributed by atoms with E-state index in [1.807, 2.05) is 6.07 Å². The molecule has 1 fully saturated rings. The Hall–Kier alpha value is -0.870. The number of hydrogen-bond donors (Lipinski definition) is 3. The Balaban J connectivity index is 1.52. The minimum absolute atomic E-state index is 0.550. The molecule has 1 heterocycles. The molecule has 1 saturated carbocycles. The molecule has 0 spiro atoms. The first-order valence-electron chi connectivity index (χ1n) is 5.79. The molecule has 1 aliphatic rings. The van der Waals surface area contributed by atoms with Crippen LogP contribution in [0, 0.1) is 0 Å². The Bertz CT molecular complexity index is 266. The van der Waals surface area contributed by atoms with Crippen molar-refractivity contribution < 1.29 is 0 Å². The molecule has 1 unspecified atom stereocenters. The lowest BCUT2D eigenvalue weighted by atomic mass is 10.2. The van der Waals surface area contributed by atoms with Gasteiger partial charge in [-0.25, -0.2) is 0 Å². The molecule has 2 rings (SSSR count). The number of aromatic amines is 1. The van der Waals surface area contributed by atoms with Gasteiger partial charge in [0.25, 0.3) is 0 Å². The number of nitrogens with one attached hydrogen (secondary N) is 3. The van der Waals surface area contributed by atoms with Gasteiger partial charge in [0.2, 0.25) is 0 Å². The molecule has 84 valence electrons. The molecule has 0 bridgehead atoms. The molecule has 1 aromatic rings. The largest absolute Gasteiger partial charge is 0.313 e. The summed E-state index contributed by atoms with van der Waals surface area (Å²) in [7, 11) is 0. The second-order valence-corrected chi connectivity index (χ2v) is 4.37. The Morgan fingerprint density at radius 2 is 2.47 bits per heavy atom. The molecule has 0 amide bonds. The lowest BCUT2D eigenvalue weighted by Gasteiger charge is -2.13. The number of hydrogen-bond acceptors (Lipinski definition) is 3. The predicted molar refractivity (Wildman–Crippen MR) is 60.8 cm³/mol. The van der Waals surface area contributed by atoms with E-state index in [-0.39, 0.29) is 0 Å². The second-order valence-electron chi connectivity index (χ2n) is 4.37. The number of H-pyrrole nitrogens is 1. The molecule has 1 atom stereocenters. The van der Waals surface area contributed by atoms with Crippen molar-refractivity contribution in [1.82, 2.24) is 20.8 Å². The van der Waals surface area contributed by atoms with Crippen LogP contribution >= 0.6 is 0 Å². The Kier molecular flexibility index (Phi) is 3.75. The van der Waals surface area contributed by atoms with Gasteiger partial charge >= 0.3 is 0 Å². The van der Waals surface area contributed by atoms with Gasteiger partial charge in [0.05, 0.1) is 0 Å². The number of rotatable bonds is 7. The summed E-state index contributed by atoms with van der Waals surface area (Å²) in [6.45, 7) is 4.31. The molecule has 15 heavy (non-hydrogen) atoms. The highest BCUT2D eigenvalue weighted by Crippen LogP contribution is 2.18. The van der Waals surface area contributed by atoms with Crippen LogP contribution in [0.3, 0.4) is 0 Å². The molecule has 1 aliphatic carbocycles. The molecule has 1 aromatic heterocycles. The van der Waals surface area contributed by atoms with Gasteiger partial charge in [-0.1, -0.05) is 0 Å². The first-order chi connectivity index (χ1) is 7.34. The summed E-state index contributed by atoms with van der Waals surface area (Å²) in [6, 6.07) is 3.38. The van der Waals surface area contributed by atoms with Gasteiger partial charge < -0.3 is 10.6 Å². The van der Waals surface area contributed by atoms with E-state index in [0.717, 1.165) is 25.6 Å². The fourth-order valence-electron chi connectivity index (χ4n) is 1.58. The smallest absolute Gasteiger partial charge is 0.0490 e. The minimum atomic E-state index is 0.550. The fourth-order valence-corrected chi connectivity index (χ4v) is 1.58. The zero-order chi connectivity index (χ0) is 10.5. The van der Waals surface area contributed by atoms with Gasteiger partial charge in [-0.15, -0.1) is 0 Å². The summed E-state index contributed by atoms with van der Waals surface area (Å²) < 4.78 is 0. The third kappa shape index (κ3) is 4.01. The highest BCUT2D eigenvalue weighted by molar-refractivity contribution is 4.97. The van der Waals surface area contributed by atoms with Crippen molar-refractivity contribution in [3.8, 4) is 0 Å². The highest BCUT2D eigenvalue weighted by Gasteiger charge is 2.20. The van der Waals surface area contributed by atoms with Gasteiger partial charge in [0.15, 0.2) is 0 Å². The normalized spacial score (nSPS) is 17.9. The van der Waals surface area contributed by atoms with Crippen molar-refractivity contribution in [2.24, 2.45) is 0 Å². The number of nitrogens with zero attached hydrogens (tertiary/aromatic N) is 1. The van der Waals surface area contributed by atoms with Gasteiger partial charge in [-0.05, 0) is 25.8 Å². The summed E-state index contributed by atoms with van der Waals surface area (Å²) in [4.78, 5) is 0. The van der Waals surface area contributed by atoms with Crippen LogP contribution in [0.15, 0.2) is 12.3 Å². The first kappa shape index (κ1) is 10.6. The minimum Gasteiger partial charge on any atom is -0.313 e. The molecule has 0 aromatic carbocycles. The van der Waals surface area contributed by atoms with Gasteiger partial charge in [-0.2, -0.15) is 5.10 Å². The zero-order valence-corrected chi connectivity index (χ0v) is 9.29. The quantitative estimate of drug-likeness (QED) is 0.618. The van der Waals surface area contributed by atoms with Gasteiger partial charge in [-0.3, -0.25) is 5.10 Å². The SMILES string of the molecule is CC(CNC1CC1)NCCc1ccn[nH]1. The molecular weight excluding hydrogens is 188 g/mol. The van der Waals surface area contributed by atoms with E-state index in [1.165, 1.54) is 18.5 Å². The van der Waals surface area contributed by atoms with Gasteiger partial charge in [0.1, 0.15) is 0 Å². The van der Waals surface area contributed by atoms with Crippen LogP contribution in [0.1, 0.15) is 25.5 Å². The third-order valence-corrected chi connectivity index (χ3v) is 2.74. The lowest BCUT2D eigenvalue weighted by molar-refractivity contribution is 0.502. The predicted octanol–water partition coefficient (Wildman–Crippen LogP) is 0.682. The van der Waals surface area contributed by atoms with Crippen LogP contribution in [0.25, 0.3) is 0 Å². The van der Waals surface area contributed by atoms with Crippen molar-refractivity contribution in [3.63, 3.8) is 0 Å². The molecule has 4 nitrogen and oxygen atoms in total. The van der Waals surface area contributed by atoms with E-state index in [4.69, 9.17) is 0 Å². The monoisotopic (exact) mass is 208 g/mol. The summed E-state index contributed by atoms with van der Waals surface area (Å²) in [5.41, 5.74) is 1.20. The molecule has 0 saturated heterocycles. The number of aromatic nitrogens is 2. The van der Waals surface area contributed by atoms with Crippen molar-refractivity contribution in [2.75, 3.05) is 13.1 Å². The maximum Gasteiger partial charge on any atom is 0.0490 e. The van der Waals surface area contributed by atoms with E-state index < -0.39 is 0 Å². The van der Waals surface area contributed by atoms with Crippen molar-refractivity contribution >= 4 is 0 Å². The Morgan fingerprint density at radius 3 is 3.13 bits per heavy atom. The van der Waals surface area contributed by atoms with E-state index in [2.05, 4.69) is 27.8 Å². The van der Waals surface area contributed by atoms with Crippen LogP contribution < -0.4 is 10.6 Å². The standard InChI is InChI=1S/C11H20N4/c1-9(8-13-10-2-3-10)12-6-4-11-5-7-14-15-11/h5,7,9-10,12-13H,2-4,6,8H2,1H3,(H,14,15). The highest BCUT2D eigenvalue weighted by atomic mass is 15.1.